The largest absolute Gasteiger partial charge is 0.478 e. The minimum atomic E-state index is -2.51. The Hall–Kier alpha value is -1.67. The first-order valence-electron chi connectivity index (χ1n) is 14.3. The lowest BCUT2D eigenvalue weighted by atomic mass is 10.0. The van der Waals surface area contributed by atoms with E-state index in [0.717, 1.165) is 6.33 Å². The molecule has 1 aliphatic rings. The molecule has 0 unspecified atom stereocenters. The second-order valence-electron chi connectivity index (χ2n) is 12.7. The van der Waals surface area contributed by atoms with Crippen LogP contribution in [0.4, 0.5) is 5.69 Å². The van der Waals surface area contributed by atoms with Gasteiger partial charge in [0.2, 0.25) is 21.8 Å². The van der Waals surface area contributed by atoms with Crippen LogP contribution in [0.1, 0.15) is 88.8 Å². The molecule has 0 aromatic carbocycles. The van der Waals surface area contributed by atoms with Crippen LogP contribution in [0.2, 0.25) is 38.4 Å². The quantitative estimate of drug-likeness (QED) is 0.0720. The highest BCUT2D eigenvalue weighted by Crippen LogP contribution is 2.48. The SMILES string of the molecule is CC(C)[Si](O[C@@H]1[C@@H](C=O)OC(c2ncnc(Cl)c2[N+](=O)[O-])=C[C@H]1O[Si](C(C)C)(C(C)C)C(C)C)(C(C)C)C(C)C. The van der Waals surface area contributed by atoms with Gasteiger partial charge in [0.1, 0.15) is 12.4 Å². The number of aromatic nitrogens is 2. The summed E-state index contributed by atoms with van der Waals surface area (Å²) >= 11 is 6.11. The maximum Gasteiger partial charge on any atom is 0.335 e. The van der Waals surface area contributed by atoms with Gasteiger partial charge in [-0.05, 0) is 39.3 Å². The molecule has 226 valence electrons. The first-order chi connectivity index (χ1) is 18.5. The average molecular weight is 614 g/mol. The van der Waals surface area contributed by atoms with Gasteiger partial charge in [0.25, 0.3) is 0 Å². The fraction of sp³-hybridized carbons (Fsp3) is 0.750. The molecular weight excluding hydrogens is 566 g/mol. The van der Waals surface area contributed by atoms with Crippen molar-refractivity contribution in [3.8, 4) is 0 Å². The Kier molecular flexibility index (Phi) is 11.7. The fourth-order valence-electron chi connectivity index (χ4n) is 7.15. The van der Waals surface area contributed by atoms with Gasteiger partial charge < -0.3 is 13.6 Å². The summed E-state index contributed by atoms with van der Waals surface area (Å²) in [6, 6.07) is 0. The van der Waals surface area contributed by atoms with Gasteiger partial charge in [-0.3, -0.25) is 14.9 Å². The number of halogens is 1. The summed E-state index contributed by atoms with van der Waals surface area (Å²) < 4.78 is 20.6. The van der Waals surface area contributed by atoms with E-state index in [-0.39, 0.29) is 49.9 Å². The third-order valence-corrected chi connectivity index (χ3v) is 21.1. The number of carbonyl (C=O) groups excluding carboxylic acids is 1. The molecule has 0 aliphatic carbocycles. The average Bonchev–Trinajstić information content (AvgIpc) is 2.83. The van der Waals surface area contributed by atoms with Crippen LogP contribution in [0, 0.1) is 10.1 Å². The molecule has 9 nitrogen and oxygen atoms in total. The van der Waals surface area contributed by atoms with E-state index in [1.54, 1.807) is 6.08 Å². The Labute approximate surface area is 246 Å². The Morgan fingerprint density at radius 2 is 1.32 bits per heavy atom. The predicted octanol–water partition coefficient (Wildman–Crippen LogP) is 8.10. The second-order valence-corrected chi connectivity index (χ2v) is 23.8. The number of ether oxygens (including phenoxy) is 1. The molecular formula is C28H48ClN3O6Si2. The van der Waals surface area contributed by atoms with Crippen molar-refractivity contribution in [1.82, 2.24) is 9.97 Å². The van der Waals surface area contributed by atoms with Crippen LogP contribution in [0.15, 0.2) is 12.4 Å². The standard InChI is InChI=1S/C28H48ClN3O6Si2/c1-16(2)39(17(3)4,18(5)6)37-23-13-22(25-26(32(34)35)28(29)31-15-30-25)36-24(14-33)27(23)38-40(19(7)8,20(9)10)21(11)12/h13-21,23-24,27H,1-12H3/t23-,24-,27+/m1/s1. The smallest absolute Gasteiger partial charge is 0.335 e. The summed E-state index contributed by atoms with van der Waals surface area (Å²) in [5.41, 5.74) is 0.982. The van der Waals surface area contributed by atoms with Crippen molar-refractivity contribution in [3.05, 3.63) is 33.4 Å². The lowest BCUT2D eigenvalue weighted by molar-refractivity contribution is -0.385. The maximum atomic E-state index is 12.7. The van der Waals surface area contributed by atoms with Crippen molar-refractivity contribution >= 4 is 46.0 Å². The summed E-state index contributed by atoms with van der Waals surface area (Å²) in [4.78, 5) is 31.9. The molecule has 12 heteroatoms. The van der Waals surface area contributed by atoms with E-state index in [9.17, 15) is 14.9 Å². The molecule has 2 rings (SSSR count). The molecule has 1 aromatic heterocycles. The van der Waals surface area contributed by atoms with Gasteiger partial charge in [-0.15, -0.1) is 0 Å². The molecule has 1 aromatic rings. The number of nitrogens with zero attached hydrogens (tertiary/aromatic N) is 3. The monoisotopic (exact) mass is 613 g/mol. The lowest BCUT2D eigenvalue weighted by Gasteiger charge is -2.50. The number of hydrogen-bond donors (Lipinski definition) is 0. The van der Waals surface area contributed by atoms with Crippen molar-refractivity contribution in [1.29, 1.82) is 0 Å². The van der Waals surface area contributed by atoms with E-state index in [4.69, 9.17) is 25.2 Å². The van der Waals surface area contributed by atoms with Gasteiger partial charge in [-0.25, -0.2) is 9.97 Å². The molecule has 0 radical (unpaired) electrons. The van der Waals surface area contributed by atoms with Crippen LogP contribution < -0.4 is 0 Å². The first-order valence-corrected chi connectivity index (χ1v) is 19.0. The van der Waals surface area contributed by atoms with Gasteiger partial charge in [0, 0.05) is 0 Å². The topological polar surface area (TPSA) is 114 Å². The van der Waals surface area contributed by atoms with Gasteiger partial charge in [0.15, 0.2) is 23.8 Å². The van der Waals surface area contributed by atoms with Gasteiger partial charge in [-0.2, -0.15) is 0 Å². The summed E-state index contributed by atoms with van der Waals surface area (Å²) in [6.45, 7) is 26.2. The van der Waals surface area contributed by atoms with Crippen LogP contribution in [0.5, 0.6) is 0 Å². The highest BCUT2D eigenvalue weighted by atomic mass is 35.5. The molecule has 0 saturated carbocycles. The van der Waals surface area contributed by atoms with Gasteiger partial charge >= 0.3 is 5.69 Å². The summed E-state index contributed by atoms with van der Waals surface area (Å²) in [7, 11) is -5.00. The van der Waals surface area contributed by atoms with Crippen molar-refractivity contribution in [3.63, 3.8) is 0 Å². The number of hydrogen-bond acceptors (Lipinski definition) is 8. The highest BCUT2D eigenvalue weighted by Gasteiger charge is 2.54. The lowest BCUT2D eigenvalue weighted by Crippen LogP contribution is -2.60. The van der Waals surface area contributed by atoms with Crippen molar-refractivity contribution < 1.29 is 23.3 Å². The highest BCUT2D eigenvalue weighted by molar-refractivity contribution is 6.78. The zero-order valence-electron chi connectivity index (χ0n) is 26.1. The molecule has 40 heavy (non-hydrogen) atoms. The minimum absolute atomic E-state index is 0.0722. The minimum Gasteiger partial charge on any atom is -0.478 e. The molecule has 0 bridgehead atoms. The third kappa shape index (κ3) is 6.38. The van der Waals surface area contributed by atoms with E-state index in [1.807, 2.05) is 0 Å². The van der Waals surface area contributed by atoms with Crippen LogP contribution in [-0.2, 0) is 18.4 Å². The third-order valence-electron chi connectivity index (χ3n) is 8.65. The Balaban J connectivity index is 2.88. The Bertz CT molecular complexity index is 1040. The zero-order chi connectivity index (χ0) is 30.7. The van der Waals surface area contributed by atoms with E-state index in [2.05, 4.69) is 93.1 Å². The molecule has 1 aliphatic heterocycles. The fourth-order valence-corrected chi connectivity index (χ4v) is 18.4. The van der Waals surface area contributed by atoms with E-state index >= 15 is 0 Å². The molecule has 0 amide bonds. The van der Waals surface area contributed by atoms with Crippen molar-refractivity contribution in [2.75, 3.05) is 0 Å². The molecule has 0 spiro atoms. The summed E-state index contributed by atoms with van der Waals surface area (Å²) in [5, 5.41) is 11.6. The number of rotatable bonds is 13. The van der Waals surface area contributed by atoms with Crippen LogP contribution >= 0.6 is 11.6 Å². The van der Waals surface area contributed by atoms with Crippen molar-refractivity contribution in [2.45, 2.75) is 135 Å². The molecule has 3 atom stereocenters. The van der Waals surface area contributed by atoms with E-state index < -0.39 is 45.6 Å². The normalized spacial score (nSPS) is 20.6. The van der Waals surface area contributed by atoms with Gasteiger partial charge in [0.05, 0.1) is 11.0 Å². The van der Waals surface area contributed by atoms with Crippen molar-refractivity contribution in [2.24, 2.45) is 0 Å². The first kappa shape index (κ1) is 34.5. The van der Waals surface area contributed by atoms with Crippen LogP contribution in [0.3, 0.4) is 0 Å². The molecule has 0 saturated heterocycles. The number of aldehydes is 1. The number of nitro groups is 1. The summed E-state index contributed by atoms with van der Waals surface area (Å²) in [6.07, 6.45) is 1.11. The zero-order valence-corrected chi connectivity index (χ0v) is 28.9. The van der Waals surface area contributed by atoms with E-state index in [1.165, 1.54) is 0 Å². The second kappa shape index (κ2) is 13.5. The van der Waals surface area contributed by atoms with Crippen LogP contribution in [-0.4, -0.2) is 56.1 Å². The van der Waals surface area contributed by atoms with E-state index in [0.29, 0.717) is 6.29 Å². The van der Waals surface area contributed by atoms with Crippen LogP contribution in [0.25, 0.3) is 5.76 Å². The molecule has 0 N–H and O–H groups in total. The predicted molar refractivity (Wildman–Crippen MR) is 164 cm³/mol. The number of carbonyl (C=O) groups is 1. The Morgan fingerprint density at radius 1 is 0.875 bits per heavy atom. The molecule has 0 fully saturated rings. The van der Waals surface area contributed by atoms with Gasteiger partial charge in [-0.1, -0.05) is 94.7 Å². The summed E-state index contributed by atoms with van der Waals surface area (Å²) in [5.74, 6) is 0.0722. The maximum absolute atomic E-state index is 12.7. The Morgan fingerprint density at radius 3 is 1.73 bits per heavy atom. The molecule has 2 heterocycles.